The van der Waals surface area contributed by atoms with Gasteiger partial charge in [0.25, 0.3) is 0 Å². The molecule has 1 heterocycles. The predicted molar refractivity (Wildman–Crippen MR) is 68.0 cm³/mol. The van der Waals surface area contributed by atoms with Crippen LogP contribution in [0.2, 0.25) is 5.02 Å². The highest BCUT2D eigenvalue weighted by Crippen LogP contribution is 2.22. The van der Waals surface area contributed by atoms with E-state index in [2.05, 4.69) is 26.2 Å². The third-order valence-electron chi connectivity index (χ3n) is 1.80. The van der Waals surface area contributed by atoms with Gasteiger partial charge in [-0.25, -0.2) is 4.98 Å². The Morgan fingerprint density at radius 2 is 2.31 bits per heavy atom. The molecule has 0 saturated carbocycles. The SMILES string of the molecule is OCCOCCCNc1ncc(Br)cc1Cl. The first-order valence-electron chi connectivity index (χ1n) is 4.97. The molecule has 0 aliphatic carbocycles. The molecule has 2 N–H and O–H groups in total. The third kappa shape index (κ3) is 5.12. The maximum atomic E-state index is 8.49. The highest BCUT2D eigenvalue weighted by Gasteiger charge is 2.01. The van der Waals surface area contributed by atoms with Crippen LogP contribution in [0.25, 0.3) is 0 Å². The van der Waals surface area contributed by atoms with Crippen molar-refractivity contribution >= 4 is 33.3 Å². The largest absolute Gasteiger partial charge is 0.394 e. The van der Waals surface area contributed by atoms with Gasteiger partial charge in [-0.3, -0.25) is 0 Å². The standard InChI is InChI=1S/C10H14BrClN2O2/c11-8-6-9(12)10(14-7-8)13-2-1-4-16-5-3-15/h6-7,15H,1-5H2,(H,13,14). The normalized spacial score (nSPS) is 10.4. The Labute approximate surface area is 108 Å². The number of hydrogen-bond acceptors (Lipinski definition) is 4. The zero-order chi connectivity index (χ0) is 11.8. The average molecular weight is 310 g/mol. The minimum atomic E-state index is 0.0630. The van der Waals surface area contributed by atoms with Gasteiger partial charge in [0.15, 0.2) is 0 Å². The van der Waals surface area contributed by atoms with Gasteiger partial charge in [0.2, 0.25) is 0 Å². The van der Waals surface area contributed by atoms with Gasteiger partial charge in [-0.1, -0.05) is 11.6 Å². The van der Waals surface area contributed by atoms with Crippen LogP contribution < -0.4 is 5.32 Å². The Balaban J connectivity index is 2.21. The van der Waals surface area contributed by atoms with Crippen LogP contribution in [-0.4, -0.2) is 36.5 Å². The zero-order valence-electron chi connectivity index (χ0n) is 8.75. The quantitative estimate of drug-likeness (QED) is 0.759. The molecule has 0 bridgehead atoms. The van der Waals surface area contributed by atoms with Crippen LogP contribution in [-0.2, 0) is 4.74 Å². The van der Waals surface area contributed by atoms with E-state index in [-0.39, 0.29) is 6.61 Å². The monoisotopic (exact) mass is 308 g/mol. The van der Waals surface area contributed by atoms with Crippen molar-refractivity contribution in [1.29, 1.82) is 0 Å². The number of nitrogens with one attached hydrogen (secondary N) is 1. The van der Waals surface area contributed by atoms with Gasteiger partial charge in [0.1, 0.15) is 5.82 Å². The molecule has 6 heteroatoms. The second-order valence-electron chi connectivity index (χ2n) is 3.10. The molecule has 16 heavy (non-hydrogen) atoms. The maximum absolute atomic E-state index is 8.49. The van der Waals surface area contributed by atoms with Crippen molar-refractivity contribution in [2.75, 3.05) is 31.7 Å². The summed E-state index contributed by atoms with van der Waals surface area (Å²) in [5, 5.41) is 12.2. The highest BCUT2D eigenvalue weighted by atomic mass is 79.9. The van der Waals surface area contributed by atoms with E-state index in [0.29, 0.717) is 24.1 Å². The third-order valence-corrected chi connectivity index (χ3v) is 2.52. The fourth-order valence-electron chi connectivity index (χ4n) is 1.09. The van der Waals surface area contributed by atoms with E-state index < -0.39 is 0 Å². The maximum Gasteiger partial charge on any atom is 0.144 e. The van der Waals surface area contributed by atoms with Crippen molar-refractivity contribution < 1.29 is 9.84 Å². The first kappa shape index (κ1) is 13.7. The Bertz CT molecular complexity index is 326. The van der Waals surface area contributed by atoms with Gasteiger partial charge in [0, 0.05) is 23.8 Å². The Morgan fingerprint density at radius 3 is 3.00 bits per heavy atom. The minimum absolute atomic E-state index is 0.0630. The number of aliphatic hydroxyl groups excluding tert-OH is 1. The molecule has 0 spiro atoms. The molecule has 0 radical (unpaired) electrons. The summed E-state index contributed by atoms with van der Waals surface area (Å²) in [4.78, 5) is 4.14. The number of ether oxygens (including phenoxy) is 1. The highest BCUT2D eigenvalue weighted by molar-refractivity contribution is 9.10. The molecule has 1 aromatic heterocycles. The number of aliphatic hydroxyl groups is 1. The molecule has 0 aliphatic heterocycles. The lowest BCUT2D eigenvalue weighted by Gasteiger charge is -2.07. The first-order chi connectivity index (χ1) is 7.74. The molecule has 0 saturated heterocycles. The molecular weight excluding hydrogens is 295 g/mol. The first-order valence-corrected chi connectivity index (χ1v) is 6.14. The summed E-state index contributed by atoms with van der Waals surface area (Å²) in [6.07, 6.45) is 2.53. The number of nitrogens with zero attached hydrogens (tertiary/aromatic N) is 1. The molecule has 0 fully saturated rings. The van der Waals surface area contributed by atoms with Gasteiger partial charge in [0.05, 0.1) is 18.2 Å². The molecular formula is C10H14BrClN2O2. The number of rotatable bonds is 7. The van der Waals surface area contributed by atoms with E-state index in [1.165, 1.54) is 0 Å². The van der Waals surface area contributed by atoms with Crippen LogP contribution in [0.5, 0.6) is 0 Å². The summed E-state index contributed by atoms with van der Waals surface area (Å²) in [5.74, 6) is 0.673. The van der Waals surface area contributed by atoms with E-state index >= 15 is 0 Å². The smallest absolute Gasteiger partial charge is 0.144 e. The molecule has 90 valence electrons. The molecule has 1 aromatic rings. The van der Waals surface area contributed by atoms with E-state index in [0.717, 1.165) is 17.4 Å². The number of hydrogen-bond donors (Lipinski definition) is 2. The molecule has 0 aliphatic rings. The lowest BCUT2D eigenvalue weighted by molar-refractivity contribution is 0.0922. The molecule has 1 rings (SSSR count). The van der Waals surface area contributed by atoms with Crippen molar-refractivity contribution in [3.8, 4) is 0 Å². The van der Waals surface area contributed by atoms with Gasteiger partial charge in [-0.15, -0.1) is 0 Å². The van der Waals surface area contributed by atoms with E-state index in [1.54, 1.807) is 12.3 Å². The zero-order valence-corrected chi connectivity index (χ0v) is 11.1. The Morgan fingerprint density at radius 1 is 1.50 bits per heavy atom. The predicted octanol–water partition coefficient (Wildman–Crippen LogP) is 2.31. The minimum Gasteiger partial charge on any atom is -0.394 e. The number of anilines is 1. The number of pyridine rings is 1. The fourth-order valence-corrected chi connectivity index (χ4v) is 1.79. The van der Waals surface area contributed by atoms with Crippen molar-refractivity contribution in [3.63, 3.8) is 0 Å². The second kappa shape index (κ2) is 7.84. The molecule has 4 nitrogen and oxygen atoms in total. The lowest BCUT2D eigenvalue weighted by atomic mass is 10.4. The van der Waals surface area contributed by atoms with Crippen LogP contribution in [0.3, 0.4) is 0 Å². The summed E-state index contributed by atoms with van der Waals surface area (Å²) in [6.45, 7) is 1.80. The van der Waals surface area contributed by atoms with Crippen LogP contribution in [0.4, 0.5) is 5.82 Å². The van der Waals surface area contributed by atoms with Gasteiger partial charge in [-0.05, 0) is 28.4 Å². The van der Waals surface area contributed by atoms with E-state index in [1.807, 2.05) is 0 Å². The van der Waals surface area contributed by atoms with Crippen LogP contribution >= 0.6 is 27.5 Å². The van der Waals surface area contributed by atoms with Crippen LogP contribution in [0.15, 0.2) is 16.7 Å². The Kier molecular flexibility index (Phi) is 6.71. The molecule has 0 aromatic carbocycles. The molecule has 0 unspecified atom stereocenters. The van der Waals surface area contributed by atoms with Gasteiger partial charge in [-0.2, -0.15) is 0 Å². The van der Waals surface area contributed by atoms with Crippen molar-refractivity contribution in [3.05, 3.63) is 21.8 Å². The Hall–Kier alpha value is -0.360. The lowest BCUT2D eigenvalue weighted by Crippen LogP contribution is -2.08. The van der Waals surface area contributed by atoms with Crippen molar-refractivity contribution in [2.24, 2.45) is 0 Å². The van der Waals surface area contributed by atoms with Crippen molar-refractivity contribution in [2.45, 2.75) is 6.42 Å². The van der Waals surface area contributed by atoms with Gasteiger partial charge >= 0.3 is 0 Å². The van der Waals surface area contributed by atoms with Crippen LogP contribution in [0, 0.1) is 0 Å². The molecule has 0 amide bonds. The second-order valence-corrected chi connectivity index (χ2v) is 4.42. The van der Waals surface area contributed by atoms with Gasteiger partial charge < -0.3 is 15.2 Å². The summed E-state index contributed by atoms with van der Waals surface area (Å²) >= 11 is 9.26. The fraction of sp³-hybridized carbons (Fsp3) is 0.500. The summed E-state index contributed by atoms with van der Waals surface area (Å²) in [7, 11) is 0. The number of halogens is 2. The average Bonchev–Trinajstić information content (AvgIpc) is 2.26. The van der Waals surface area contributed by atoms with Crippen LogP contribution in [0.1, 0.15) is 6.42 Å². The molecule has 0 atom stereocenters. The number of aromatic nitrogens is 1. The summed E-state index contributed by atoms with van der Waals surface area (Å²) < 4.78 is 5.98. The van der Waals surface area contributed by atoms with Crippen molar-refractivity contribution in [1.82, 2.24) is 4.98 Å². The van der Waals surface area contributed by atoms with E-state index in [4.69, 9.17) is 21.4 Å². The van der Waals surface area contributed by atoms with E-state index in [9.17, 15) is 0 Å². The summed E-state index contributed by atoms with van der Waals surface area (Å²) in [5.41, 5.74) is 0. The summed E-state index contributed by atoms with van der Waals surface area (Å²) in [6, 6.07) is 1.79. The topological polar surface area (TPSA) is 54.4 Å².